The molecule has 1 rings (SSSR count). The van der Waals surface area contributed by atoms with Crippen LogP contribution in [0.4, 0.5) is 0 Å². The van der Waals surface area contributed by atoms with Crippen molar-refractivity contribution in [1.82, 2.24) is 9.62 Å². The summed E-state index contributed by atoms with van der Waals surface area (Å²) in [6.07, 6.45) is 2.22. The van der Waals surface area contributed by atoms with Crippen molar-refractivity contribution in [2.45, 2.75) is 45.7 Å². The standard InChI is InChI=1S/C11H24N2O2S/c1-9(2)6-10-7-12-11(3,4)8-13(10)16(5,14)15/h9-10,12H,6-8H2,1-5H3. The van der Waals surface area contributed by atoms with Gasteiger partial charge in [-0.25, -0.2) is 8.42 Å². The van der Waals surface area contributed by atoms with Crippen molar-refractivity contribution in [2.75, 3.05) is 19.3 Å². The van der Waals surface area contributed by atoms with Gasteiger partial charge in [0.1, 0.15) is 0 Å². The second-order valence-electron chi connectivity index (χ2n) is 5.86. The lowest BCUT2D eigenvalue weighted by Gasteiger charge is -2.43. The second-order valence-corrected chi connectivity index (χ2v) is 7.79. The normalized spacial score (nSPS) is 27.2. The predicted octanol–water partition coefficient (Wildman–Crippen LogP) is 1.04. The Morgan fingerprint density at radius 1 is 1.44 bits per heavy atom. The molecule has 1 aliphatic heterocycles. The van der Waals surface area contributed by atoms with Gasteiger partial charge < -0.3 is 5.32 Å². The zero-order valence-corrected chi connectivity index (χ0v) is 11.8. The Labute approximate surface area is 99.5 Å². The van der Waals surface area contributed by atoms with Crippen molar-refractivity contribution in [3.63, 3.8) is 0 Å². The van der Waals surface area contributed by atoms with Crippen LogP contribution in [-0.2, 0) is 10.0 Å². The van der Waals surface area contributed by atoms with Gasteiger partial charge in [-0.2, -0.15) is 4.31 Å². The highest BCUT2D eigenvalue weighted by Gasteiger charge is 2.37. The monoisotopic (exact) mass is 248 g/mol. The summed E-state index contributed by atoms with van der Waals surface area (Å²) < 4.78 is 25.2. The molecule has 16 heavy (non-hydrogen) atoms. The molecule has 0 aliphatic carbocycles. The third-order valence-electron chi connectivity index (χ3n) is 2.94. The molecule has 0 radical (unpaired) electrons. The summed E-state index contributed by atoms with van der Waals surface area (Å²) in [6, 6.07) is 0.100. The summed E-state index contributed by atoms with van der Waals surface area (Å²) >= 11 is 0. The molecular weight excluding hydrogens is 224 g/mol. The number of sulfonamides is 1. The molecule has 0 spiro atoms. The van der Waals surface area contributed by atoms with E-state index in [1.807, 2.05) is 13.8 Å². The van der Waals surface area contributed by atoms with Gasteiger partial charge in [0.2, 0.25) is 10.0 Å². The van der Waals surface area contributed by atoms with Crippen molar-refractivity contribution < 1.29 is 8.42 Å². The molecule has 5 heteroatoms. The fraction of sp³-hybridized carbons (Fsp3) is 1.00. The van der Waals surface area contributed by atoms with Crippen molar-refractivity contribution in [3.05, 3.63) is 0 Å². The van der Waals surface area contributed by atoms with Gasteiger partial charge in [0.05, 0.1) is 6.26 Å². The fourth-order valence-electron chi connectivity index (χ4n) is 2.20. The maximum Gasteiger partial charge on any atom is 0.211 e. The first-order valence-electron chi connectivity index (χ1n) is 5.84. The molecule has 0 aromatic rings. The molecule has 1 fully saturated rings. The molecule has 0 saturated carbocycles. The van der Waals surface area contributed by atoms with E-state index in [0.717, 1.165) is 13.0 Å². The summed E-state index contributed by atoms with van der Waals surface area (Å²) in [5.41, 5.74) is -0.128. The quantitative estimate of drug-likeness (QED) is 0.812. The molecule has 1 heterocycles. The average Bonchev–Trinajstić information content (AvgIpc) is 2.05. The van der Waals surface area contributed by atoms with Crippen molar-refractivity contribution in [1.29, 1.82) is 0 Å². The van der Waals surface area contributed by atoms with Gasteiger partial charge >= 0.3 is 0 Å². The van der Waals surface area contributed by atoms with Crippen LogP contribution in [0.1, 0.15) is 34.1 Å². The van der Waals surface area contributed by atoms with Crippen LogP contribution in [-0.4, -0.2) is 43.6 Å². The molecule has 4 nitrogen and oxygen atoms in total. The molecule has 1 unspecified atom stereocenters. The molecule has 96 valence electrons. The van der Waals surface area contributed by atoms with Gasteiger partial charge in [-0.15, -0.1) is 0 Å². The number of piperazine rings is 1. The van der Waals surface area contributed by atoms with Gasteiger partial charge in [0, 0.05) is 24.7 Å². The molecule has 0 amide bonds. The Bertz CT molecular complexity index is 336. The highest BCUT2D eigenvalue weighted by molar-refractivity contribution is 7.88. The van der Waals surface area contributed by atoms with Crippen LogP contribution in [0, 0.1) is 5.92 Å². The molecule has 0 bridgehead atoms. The van der Waals surface area contributed by atoms with Gasteiger partial charge in [0.25, 0.3) is 0 Å². The highest BCUT2D eigenvalue weighted by Crippen LogP contribution is 2.22. The molecule has 1 atom stereocenters. The fourth-order valence-corrected chi connectivity index (χ4v) is 3.46. The van der Waals surface area contributed by atoms with E-state index in [1.54, 1.807) is 4.31 Å². The lowest BCUT2D eigenvalue weighted by Crippen LogP contribution is -2.62. The first-order valence-corrected chi connectivity index (χ1v) is 7.68. The van der Waals surface area contributed by atoms with Crippen molar-refractivity contribution in [3.8, 4) is 0 Å². The van der Waals surface area contributed by atoms with E-state index < -0.39 is 10.0 Å². The summed E-state index contributed by atoms with van der Waals surface area (Å²) in [4.78, 5) is 0. The number of hydrogen-bond acceptors (Lipinski definition) is 3. The summed E-state index contributed by atoms with van der Waals surface area (Å²) in [6.45, 7) is 9.63. The SMILES string of the molecule is CC(C)CC1CNC(C)(C)CN1S(C)(=O)=O. The minimum atomic E-state index is -3.10. The topological polar surface area (TPSA) is 49.4 Å². The van der Waals surface area contributed by atoms with E-state index in [4.69, 9.17) is 0 Å². The smallest absolute Gasteiger partial charge is 0.211 e. The minimum Gasteiger partial charge on any atom is -0.309 e. The van der Waals surface area contributed by atoms with Gasteiger partial charge in [-0.3, -0.25) is 0 Å². The highest BCUT2D eigenvalue weighted by atomic mass is 32.2. The third kappa shape index (κ3) is 3.71. The minimum absolute atomic E-state index is 0.100. The predicted molar refractivity (Wildman–Crippen MR) is 66.9 cm³/mol. The number of nitrogens with zero attached hydrogens (tertiary/aromatic N) is 1. The van der Waals surface area contributed by atoms with Gasteiger partial charge in [-0.05, 0) is 26.2 Å². The Hall–Kier alpha value is -0.130. The Morgan fingerprint density at radius 2 is 2.00 bits per heavy atom. The molecule has 0 aromatic heterocycles. The Morgan fingerprint density at radius 3 is 2.44 bits per heavy atom. The molecule has 1 N–H and O–H groups in total. The van der Waals surface area contributed by atoms with Crippen LogP contribution in [0.25, 0.3) is 0 Å². The zero-order chi connectivity index (χ0) is 12.6. The molecule has 1 aliphatic rings. The molecule has 0 aromatic carbocycles. The number of rotatable bonds is 3. The molecule has 1 saturated heterocycles. The maximum absolute atomic E-state index is 11.8. The van der Waals surface area contributed by atoms with Crippen LogP contribution in [0.15, 0.2) is 0 Å². The number of hydrogen-bond donors (Lipinski definition) is 1. The van der Waals surface area contributed by atoms with Crippen LogP contribution >= 0.6 is 0 Å². The van der Waals surface area contributed by atoms with E-state index in [9.17, 15) is 8.42 Å². The summed E-state index contributed by atoms with van der Waals surface area (Å²) in [5.74, 6) is 0.511. The van der Waals surface area contributed by atoms with Gasteiger partial charge in [-0.1, -0.05) is 13.8 Å². The average molecular weight is 248 g/mol. The van der Waals surface area contributed by atoms with E-state index >= 15 is 0 Å². The van der Waals surface area contributed by atoms with Crippen LogP contribution in [0.3, 0.4) is 0 Å². The summed E-state index contributed by atoms with van der Waals surface area (Å²) in [5, 5.41) is 3.41. The largest absolute Gasteiger partial charge is 0.309 e. The van der Waals surface area contributed by atoms with Gasteiger partial charge in [0.15, 0.2) is 0 Å². The Balaban J connectivity index is 2.85. The van der Waals surface area contributed by atoms with Crippen LogP contribution < -0.4 is 5.32 Å². The van der Waals surface area contributed by atoms with E-state index in [0.29, 0.717) is 12.5 Å². The van der Waals surface area contributed by atoms with E-state index in [1.165, 1.54) is 6.26 Å². The lowest BCUT2D eigenvalue weighted by molar-refractivity contribution is 0.159. The molecular formula is C11H24N2O2S. The first-order chi connectivity index (χ1) is 7.12. The first kappa shape index (κ1) is 13.9. The maximum atomic E-state index is 11.8. The van der Waals surface area contributed by atoms with Crippen molar-refractivity contribution >= 4 is 10.0 Å². The second kappa shape index (κ2) is 4.63. The van der Waals surface area contributed by atoms with Crippen LogP contribution in [0.5, 0.6) is 0 Å². The van der Waals surface area contributed by atoms with E-state index in [-0.39, 0.29) is 11.6 Å². The third-order valence-corrected chi connectivity index (χ3v) is 4.22. The van der Waals surface area contributed by atoms with Crippen molar-refractivity contribution in [2.24, 2.45) is 5.92 Å². The summed E-state index contributed by atoms with van der Waals surface area (Å²) in [7, 11) is -3.10. The van der Waals surface area contributed by atoms with E-state index in [2.05, 4.69) is 19.2 Å². The Kier molecular flexibility index (Phi) is 4.03. The van der Waals surface area contributed by atoms with Crippen LogP contribution in [0.2, 0.25) is 0 Å². The lowest BCUT2D eigenvalue weighted by atomic mass is 9.96. The zero-order valence-electron chi connectivity index (χ0n) is 10.9. The number of nitrogens with one attached hydrogen (secondary N) is 1.